The van der Waals surface area contributed by atoms with Gasteiger partial charge in [0.05, 0.1) is 0 Å². The molecule has 0 aliphatic heterocycles. The summed E-state index contributed by atoms with van der Waals surface area (Å²) in [5, 5.41) is 2.70. The van der Waals surface area contributed by atoms with Crippen LogP contribution in [0.5, 0.6) is 0 Å². The summed E-state index contributed by atoms with van der Waals surface area (Å²) in [5.74, 6) is -0.404. The first-order valence-electron chi connectivity index (χ1n) is 6.17. The zero-order chi connectivity index (χ0) is 15.6. The van der Waals surface area contributed by atoms with Crippen LogP contribution in [0.3, 0.4) is 0 Å². The van der Waals surface area contributed by atoms with Crippen molar-refractivity contribution < 1.29 is 17.6 Å². The second-order valence-corrected chi connectivity index (χ2v) is 4.66. The first kappa shape index (κ1) is 15.2. The van der Waals surface area contributed by atoms with Crippen molar-refractivity contribution in [3.63, 3.8) is 0 Å². The van der Waals surface area contributed by atoms with Gasteiger partial charge in [-0.25, -0.2) is 14.4 Å². The van der Waals surface area contributed by atoms with E-state index in [1.54, 1.807) is 26.0 Å². The van der Waals surface area contributed by atoms with E-state index in [4.69, 9.17) is 0 Å². The maximum atomic E-state index is 13.5. The summed E-state index contributed by atoms with van der Waals surface area (Å²) in [4.78, 5) is 7.13. The number of hydrogen-bond donors (Lipinski definition) is 1. The van der Waals surface area contributed by atoms with Crippen LogP contribution in [0, 0.1) is 19.7 Å². The number of anilines is 1. The van der Waals surface area contributed by atoms with Crippen molar-refractivity contribution in [2.75, 3.05) is 5.32 Å². The largest absolute Gasteiger partial charge is 0.433 e. The molecule has 0 aliphatic rings. The summed E-state index contributed by atoms with van der Waals surface area (Å²) >= 11 is 0. The molecule has 0 unspecified atom stereocenters. The lowest BCUT2D eigenvalue weighted by Crippen LogP contribution is -2.11. The van der Waals surface area contributed by atoms with Gasteiger partial charge in [-0.2, -0.15) is 13.2 Å². The molecule has 7 heteroatoms. The second kappa shape index (κ2) is 5.67. The summed E-state index contributed by atoms with van der Waals surface area (Å²) in [6.45, 7) is 3.47. The first-order valence-corrected chi connectivity index (χ1v) is 6.17. The van der Waals surface area contributed by atoms with E-state index < -0.39 is 11.9 Å². The summed E-state index contributed by atoms with van der Waals surface area (Å²) in [6, 6.07) is 4.06. The summed E-state index contributed by atoms with van der Waals surface area (Å²) in [7, 11) is 0. The average molecular weight is 299 g/mol. The number of rotatable bonds is 3. The minimum absolute atomic E-state index is 0.121. The van der Waals surface area contributed by atoms with Crippen LogP contribution >= 0.6 is 0 Å². The molecule has 21 heavy (non-hydrogen) atoms. The van der Waals surface area contributed by atoms with E-state index in [2.05, 4.69) is 15.3 Å². The number of alkyl halides is 3. The first-order chi connectivity index (χ1) is 9.77. The number of aryl methyl sites for hydroxylation is 2. The Kier molecular flexibility index (Phi) is 4.11. The topological polar surface area (TPSA) is 37.8 Å². The molecule has 0 aliphatic carbocycles. The Bertz CT molecular complexity index is 630. The van der Waals surface area contributed by atoms with E-state index in [0.29, 0.717) is 11.1 Å². The number of halogens is 4. The van der Waals surface area contributed by atoms with Crippen molar-refractivity contribution in [1.82, 2.24) is 9.97 Å². The lowest BCUT2D eigenvalue weighted by molar-refractivity contribution is -0.141. The minimum Gasteiger partial charge on any atom is -0.350 e. The Morgan fingerprint density at radius 1 is 1.14 bits per heavy atom. The Labute approximate surface area is 119 Å². The van der Waals surface area contributed by atoms with Crippen LogP contribution in [-0.4, -0.2) is 9.97 Å². The standard InChI is InChI=1S/C14H13F4N3/c1-8-5-10(6-9(2)12(8)15)7-20-13-19-4-3-11(21-13)14(16,17)18/h3-6H,7H2,1-2H3,(H,19,20,21). The molecule has 0 radical (unpaired) electrons. The van der Waals surface area contributed by atoms with Crippen LogP contribution in [0.2, 0.25) is 0 Å². The van der Waals surface area contributed by atoms with Crippen molar-refractivity contribution in [3.8, 4) is 0 Å². The molecule has 0 atom stereocenters. The monoisotopic (exact) mass is 299 g/mol. The SMILES string of the molecule is Cc1cc(CNc2nccc(C(F)(F)F)n2)cc(C)c1F. The van der Waals surface area contributed by atoms with Crippen molar-refractivity contribution in [1.29, 1.82) is 0 Å². The fourth-order valence-corrected chi connectivity index (χ4v) is 1.92. The predicted octanol–water partition coefficient (Wildman–Crippen LogP) is 3.86. The molecule has 3 nitrogen and oxygen atoms in total. The number of benzene rings is 1. The average Bonchev–Trinajstić information content (AvgIpc) is 2.42. The highest BCUT2D eigenvalue weighted by atomic mass is 19.4. The highest BCUT2D eigenvalue weighted by Gasteiger charge is 2.32. The number of hydrogen-bond acceptors (Lipinski definition) is 3. The summed E-state index contributed by atoms with van der Waals surface area (Å²) in [5.41, 5.74) is 0.701. The van der Waals surface area contributed by atoms with Gasteiger partial charge in [0.15, 0.2) is 0 Å². The van der Waals surface area contributed by atoms with Crippen molar-refractivity contribution in [2.45, 2.75) is 26.6 Å². The highest BCUT2D eigenvalue weighted by molar-refractivity contribution is 5.34. The predicted molar refractivity (Wildman–Crippen MR) is 70.2 cm³/mol. The molecule has 1 aromatic heterocycles. The Balaban J connectivity index is 2.14. The lowest BCUT2D eigenvalue weighted by Gasteiger charge is -2.10. The van der Waals surface area contributed by atoms with Gasteiger partial charge >= 0.3 is 6.18 Å². The van der Waals surface area contributed by atoms with Crippen LogP contribution in [0.25, 0.3) is 0 Å². The van der Waals surface area contributed by atoms with Crippen molar-refractivity contribution in [3.05, 3.63) is 52.6 Å². The van der Waals surface area contributed by atoms with E-state index in [9.17, 15) is 17.6 Å². The molecule has 0 spiro atoms. The Hall–Kier alpha value is -2.18. The molecular weight excluding hydrogens is 286 g/mol. The molecule has 2 rings (SSSR count). The molecule has 1 heterocycles. The van der Waals surface area contributed by atoms with Gasteiger partial charge in [-0.3, -0.25) is 0 Å². The summed E-state index contributed by atoms with van der Waals surface area (Å²) in [6.07, 6.45) is -3.47. The smallest absolute Gasteiger partial charge is 0.350 e. The van der Waals surface area contributed by atoms with Crippen LogP contribution in [0.1, 0.15) is 22.4 Å². The third-order valence-electron chi connectivity index (χ3n) is 2.89. The van der Waals surface area contributed by atoms with Crippen molar-refractivity contribution in [2.24, 2.45) is 0 Å². The maximum Gasteiger partial charge on any atom is 0.433 e. The molecule has 0 saturated carbocycles. The van der Waals surface area contributed by atoms with E-state index in [1.165, 1.54) is 0 Å². The molecule has 0 bridgehead atoms. The molecule has 0 fully saturated rings. The lowest BCUT2D eigenvalue weighted by atomic mass is 10.1. The normalized spacial score (nSPS) is 11.5. The molecule has 112 valence electrons. The van der Waals surface area contributed by atoms with Gasteiger partial charge in [0.25, 0.3) is 0 Å². The molecule has 2 aromatic rings. The fraction of sp³-hybridized carbons (Fsp3) is 0.286. The van der Waals surface area contributed by atoms with Gasteiger partial charge in [0.1, 0.15) is 11.5 Å². The third kappa shape index (κ3) is 3.68. The highest BCUT2D eigenvalue weighted by Crippen LogP contribution is 2.27. The second-order valence-electron chi connectivity index (χ2n) is 4.66. The molecule has 0 saturated heterocycles. The number of nitrogens with zero attached hydrogens (tertiary/aromatic N) is 2. The van der Waals surface area contributed by atoms with Crippen LogP contribution < -0.4 is 5.32 Å². The fourth-order valence-electron chi connectivity index (χ4n) is 1.92. The van der Waals surface area contributed by atoms with Gasteiger partial charge in [-0.1, -0.05) is 12.1 Å². The molecular formula is C14H13F4N3. The summed E-state index contributed by atoms with van der Waals surface area (Å²) < 4.78 is 51.1. The van der Waals surface area contributed by atoms with Gasteiger partial charge in [-0.15, -0.1) is 0 Å². The maximum absolute atomic E-state index is 13.5. The van der Waals surface area contributed by atoms with Gasteiger partial charge in [0.2, 0.25) is 5.95 Å². The quantitative estimate of drug-likeness (QED) is 0.874. The number of aromatic nitrogens is 2. The van der Waals surface area contributed by atoms with Crippen LogP contribution in [0.15, 0.2) is 24.4 Å². The van der Waals surface area contributed by atoms with E-state index >= 15 is 0 Å². The van der Waals surface area contributed by atoms with Gasteiger partial charge in [0, 0.05) is 12.7 Å². The molecule has 0 amide bonds. The Morgan fingerprint density at radius 2 is 1.76 bits per heavy atom. The third-order valence-corrected chi connectivity index (χ3v) is 2.89. The van der Waals surface area contributed by atoms with E-state index in [0.717, 1.165) is 17.8 Å². The Morgan fingerprint density at radius 3 is 2.33 bits per heavy atom. The van der Waals surface area contributed by atoms with Gasteiger partial charge < -0.3 is 5.32 Å². The van der Waals surface area contributed by atoms with Gasteiger partial charge in [-0.05, 0) is 36.6 Å². The molecule has 1 aromatic carbocycles. The zero-order valence-corrected chi connectivity index (χ0v) is 11.4. The van der Waals surface area contributed by atoms with Crippen molar-refractivity contribution >= 4 is 5.95 Å². The molecule has 1 N–H and O–H groups in total. The minimum atomic E-state index is -4.51. The van der Waals surface area contributed by atoms with E-state index in [-0.39, 0.29) is 18.3 Å². The van der Waals surface area contributed by atoms with E-state index in [1.807, 2.05) is 0 Å². The zero-order valence-electron chi connectivity index (χ0n) is 11.4. The van der Waals surface area contributed by atoms with Crippen LogP contribution in [-0.2, 0) is 12.7 Å². The van der Waals surface area contributed by atoms with Crippen LogP contribution in [0.4, 0.5) is 23.5 Å². The number of nitrogens with one attached hydrogen (secondary N) is 1.